The van der Waals surface area contributed by atoms with E-state index in [-0.39, 0.29) is 22.4 Å². The minimum atomic E-state index is -3.61. The number of para-hydroxylation sites is 1. The maximum atomic E-state index is 12.5. The van der Waals surface area contributed by atoms with E-state index in [1.54, 1.807) is 12.1 Å². The van der Waals surface area contributed by atoms with Gasteiger partial charge in [0.15, 0.2) is 9.84 Å². The molecule has 9 heteroatoms. The summed E-state index contributed by atoms with van der Waals surface area (Å²) in [5.74, 6) is -4.27. The predicted octanol–water partition coefficient (Wildman–Crippen LogP) is 2.53. The fraction of sp³-hybridized carbons (Fsp3) is 0.500. The molecule has 23 heavy (non-hydrogen) atoms. The summed E-state index contributed by atoms with van der Waals surface area (Å²) in [6.45, 7) is 0.532. The van der Waals surface area contributed by atoms with Gasteiger partial charge in [0.1, 0.15) is 5.75 Å². The molecular weight excluding hydrogens is 348 g/mol. The minimum absolute atomic E-state index is 0.176. The van der Waals surface area contributed by atoms with E-state index in [9.17, 15) is 22.0 Å². The molecule has 0 unspecified atom stereocenters. The number of hydrogen-bond acceptors (Lipinski definition) is 5. The van der Waals surface area contributed by atoms with E-state index in [0.717, 1.165) is 6.42 Å². The Hall–Kier alpha value is -1.19. The Balaban J connectivity index is 1.96. The molecule has 0 spiro atoms. The number of carbonyl (C=O) groups is 1. The molecule has 0 aliphatic carbocycles. The van der Waals surface area contributed by atoms with Gasteiger partial charge in [-0.3, -0.25) is 4.79 Å². The fourth-order valence-electron chi connectivity index (χ4n) is 2.27. The molecule has 1 amide bonds. The van der Waals surface area contributed by atoms with Crippen LogP contribution in [0.15, 0.2) is 29.2 Å². The second kappa shape index (κ2) is 8.07. The molecule has 2 rings (SSSR count). The van der Waals surface area contributed by atoms with Crippen molar-refractivity contribution in [2.24, 2.45) is 0 Å². The van der Waals surface area contributed by atoms with Crippen molar-refractivity contribution in [3.63, 3.8) is 0 Å². The Morgan fingerprint density at radius 3 is 2.78 bits per heavy atom. The largest absolute Gasteiger partial charge is 0.377 e. The zero-order valence-electron chi connectivity index (χ0n) is 12.2. The Kier molecular flexibility index (Phi) is 6.37. The van der Waals surface area contributed by atoms with Crippen molar-refractivity contribution >= 4 is 33.2 Å². The summed E-state index contributed by atoms with van der Waals surface area (Å²) >= 11 is 0.294. The van der Waals surface area contributed by atoms with Gasteiger partial charge in [0.2, 0.25) is 5.91 Å². The van der Waals surface area contributed by atoms with Crippen LogP contribution in [0.25, 0.3) is 0 Å². The highest BCUT2D eigenvalue weighted by atomic mass is 32.2. The Morgan fingerprint density at radius 2 is 2.13 bits per heavy atom. The van der Waals surface area contributed by atoms with Crippen LogP contribution in [0.3, 0.4) is 0 Å². The number of nitrogens with one attached hydrogen (secondary N) is 1. The summed E-state index contributed by atoms with van der Waals surface area (Å²) in [5.41, 5.74) is 0.176. The van der Waals surface area contributed by atoms with Gasteiger partial charge >= 0.3 is 0 Å². The summed E-state index contributed by atoms with van der Waals surface area (Å²) in [5, 5.41) is 2.38. The van der Waals surface area contributed by atoms with Crippen LogP contribution >= 0.6 is 11.8 Å². The van der Waals surface area contributed by atoms with E-state index in [4.69, 9.17) is 4.74 Å². The van der Waals surface area contributed by atoms with Crippen LogP contribution in [0, 0.1) is 0 Å². The number of thioether (sulfide) groups is 1. The summed E-state index contributed by atoms with van der Waals surface area (Å²) in [6.07, 6.45) is 1.11. The summed E-state index contributed by atoms with van der Waals surface area (Å²) in [6, 6.07) is 6.03. The van der Waals surface area contributed by atoms with E-state index in [2.05, 4.69) is 5.32 Å². The van der Waals surface area contributed by atoms with Gasteiger partial charge in [-0.25, -0.2) is 8.42 Å². The monoisotopic (exact) mass is 365 g/mol. The number of hydrogen-bond donors (Lipinski definition) is 1. The van der Waals surface area contributed by atoms with Crippen molar-refractivity contribution in [2.45, 2.75) is 29.6 Å². The molecule has 1 atom stereocenters. The Morgan fingerprint density at radius 1 is 1.39 bits per heavy atom. The van der Waals surface area contributed by atoms with Crippen LogP contribution in [0.5, 0.6) is 0 Å². The number of rotatable bonds is 7. The lowest BCUT2D eigenvalue weighted by molar-refractivity contribution is -0.113. The Labute approximate surface area is 137 Å². The van der Waals surface area contributed by atoms with Crippen molar-refractivity contribution < 1.29 is 26.7 Å². The van der Waals surface area contributed by atoms with E-state index in [0.29, 0.717) is 24.8 Å². The third-order valence-electron chi connectivity index (χ3n) is 3.19. The quantitative estimate of drug-likeness (QED) is 0.752. The van der Waals surface area contributed by atoms with Crippen LogP contribution in [0.2, 0.25) is 0 Å². The molecule has 1 aromatic carbocycles. The van der Waals surface area contributed by atoms with Crippen LogP contribution < -0.4 is 5.32 Å². The Bertz CT molecular complexity index is 646. The third kappa shape index (κ3) is 6.08. The summed E-state index contributed by atoms with van der Waals surface area (Å²) < 4.78 is 54.2. The number of alkyl halides is 2. The van der Waals surface area contributed by atoms with Crippen molar-refractivity contribution in [2.75, 3.05) is 23.4 Å². The first-order valence-electron chi connectivity index (χ1n) is 7.01. The van der Waals surface area contributed by atoms with Gasteiger partial charge in [0, 0.05) is 11.5 Å². The molecule has 5 nitrogen and oxygen atoms in total. The maximum absolute atomic E-state index is 12.5. The lowest BCUT2D eigenvalue weighted by Gasteiger charge is -2.12. The van der Waals surface area contributed by atoms with E-state index < -0.39 is 27.3 Å². The first kappa shape index (κ1) is 18.2. The van der Waals surface area contributed by atoms with Crippen molar-refractivity contribution in [1.29, 1.82) is 0 Å². The third-order valence-corrected chi connectivity index (χ3v) is 5.56. The first-order valence-corrected chi connectivity index (χ1v) is 9.71. The molecule has 1 fully saturated rings. The predicted molar refractivity (Wildman–Crippen MR) is 84.6 cm³/mol. The van der Waals surface area contributed by atoms with Gasteiger partial charge in [0.25, 0.3) is 5.76 Å². The molecule has 0 radical (unpaired) electrons. The molecule has 1 N–H and O–H groups in total. The number of anilines is 1. The number of ether oxygens (including phenoxy) is 1. The topological polar surface area (TPSA) is 72.5 Å². The van der Waals surface area contributed by atoms with Crippen molar-refractivity contribution in [3.8, 4) is 0 Å². The molecule has 1 saturated heterocycles. The lowest BCUT2D eigenvalue weighted by atomic mass is 10.3. The first-order chi connectivity index (χ1) is 10.9. The molecule has 0 aromatic heterocycles. The van der Waals surface area contributed by atoms with Crippen LogP contribution in [0.1, 0.15) is 12.8 Å². The maximum Gasteiger partial charge on any atom is 0.288 e. The highest BCUT2D eigenvalue weighted by molar-refractivity contribution is 7.99. The SMILES string of the molecule is O=C(CS(=O)(=O)C[C@H]1CCCO1)Nc1ccccc1SC(F)F. The molecule has 0 bridgehead atoms. The van der Waals surface area contributed by atoms with Crippen LogP contribution in [-0.4, -0.2) is 44.3 Å². The van der Waals surface area contributed by atoms with Crippen LogP contribution in [-0.2, 0) is 19.4 Å². The summed E-state index contributed by atoms with van der Waals surface area (Å²) in [4.78, 5) is 12.1. The van der Waals surface area contributed by atoms with E-state index in [1.165, 1.54) is 12.1 Å². The van der Waals surface area contributed by atoms with Gasteiger partial charge in [-0.15, -0.1) is 0 Å². The number of halogens is 2. The minimum Gasteiger partial charge on any atom is -0.377 e. The van der Waals surface area contributed by atoms with Gasteiger partial charge in [-0.2, -0.15) is 8.78 Å². The second-order valence-electron chi connectivity index (χ2n) is 5.11. The number of benzene rings is 1. The zero-order valence-corrected chi connectivity index (χ0v) is 13.8. The molecule has 1 aromatic rings. The molecule has 128 valence electrons. The van der Waals surface area contributed by atoms with Crippen molar-refractivity contribution in [1.82, 2.24) is 0 Å². The smallest absolute Gasteiger partial charge is 0.288 e. The average Bonchev–Trinajstić information content (AvgIpc) is 2.91. The second-order valence-corrected chi connectivity index (χ2v) is 8.25. The molecule has 1 heterocycles. The molecule has 1 aliphatic rings. The number of sulfone groups is 1. The highest BCUT2D eigenvalue weighted by Gasteiger charge is 2.25. The lowest BCUT2D eigenvalue weighted by Crippen LogP contribution is -2.29. The standard InChI is InChI=1S/C14H17F2NO4S2/c15-14(16)22-12-6-2-1-5-11(12)17-13(18)9-23(19,20)8-10-4-3-7-21-10/h1-2,5-6,10,14H,3-4,7-9H2,(H,17,18)/t10-/m1/s1. The number of carbonyl (C=O) groups excluding carboxylic acids is 1. The van der Waals surface area contributed by atoms with Crippen molar-refractivity contribution in [3.05, 3.63) is 24.3 Å². The molecule has 1 aliphatic heterocycles. The summed E-state index contributed by atoms with van der Waals surface area (Å²) in [7, 11) is -3.61. The zero-order chi connectivity index (χ0) is 16.9. The van der Waals surface area contributed by atoms with Gasteiger partial charge in [-0.1, -0.05) is 23.9 Å². The van der Waals surface area contributed by atoms with Gasteiger partial charge in [-0.05, 0) is 25.0 Å². The van der Waals surface area contributed by atoms with Crippen LogP contribution in [0.4, 0.5) is 14.5 Å². The molecular formula is C14H17F2NO4S2. The fourth-order valence-corrected chi connectivity index (χ4v) is 4.29. The van der Waals surface area contributed by atoms with E-state index in [1.807, 2.05) is 0 Å². The number of amides is 1. The average molecular weight is 365 g/mol. The van der Waals surface area contributed by atoms with Gasteiger partial charge in [0.05, 0.1) is 17.5 Å². The normalized spacial score (nSPS) is 18.3. The van der Waals surface area contributed by atoms with E-state index >= 15 is 0 Å². The molecule has 0 saturated carbocycles. The van der Waals surface area contributed by atoms with Gasteiger partial charge < -0.3 is 10.1 Å². The highest BCUT2D eigenvalue weighted by Crippen LogP contribution is 2.31.